The summed E-state index contributed by atoms with van der Waals surface area (Å²) in [5.74, 6) is 0.299. The van der Waals surface area contributed by atoms with Gasteiger partial charge in [0.1, 0.15) is 12.4 Å². The van der Waals surface area contributed by atoms with E-state index in [4.69, 9.17) is 9.15 Å². The normalized spacial score (nSPS) is 10.4. The molecule has 0 fully saturated rings. The highest BCUT2D eigenvalue weighted by Gasteiger charge is 2.09. The molecule has 0 spiro atoms. The number of benzene rings is 1. The second-order valence-electron chi connectivity index (χ2n) is 4.61. The molecule has 0 saturated heterocycles. The van der Waals surface area contributed by atoms with Gasteiger partial charge in [-0.1, -0.05) is 0 Å². The van der Waals surface area contributed by atoms with Crippen LogP contribution >= 0.6 is 0 Å². The van der Waals surface area contributed by atoms with Crippen LogP contribution in [0.15, 0.2) is 59.3 Å². The van der Waals surface area contributed by atoms with Crippen molar-refractivity contribution in [2.24, 2.45) is 0 Å². The van der Waals surface area contributed by atoms with Crippen molar-refractivity contribution in [2.75, 3.05) is 0 Å². The molecule has 0 saturated carbocycles. The molecule has 0 N–H and O–H groups in total. The van der Waals surface area contributed by atoms with Crippen LogP contribution < -0.4 is 4.74 Å². The Balaban J connectivity index is 1.76. The largest absolute Gasteiger partial charge is 0.486 e. The molecule has 0 atom stereocenters. The minimum Gasteiger partial charge on any atom is -0.486 e. The Morgan fingerprint density at radius 1 is 1.14 bits per heavy atom. The van der Waals surface area contributed by atoms with Crippen LogP contribution in [-0.2, 0) is 6.61 Å². The number of furan rings is 1. The lowest BCUT2D eigenvalue weighted by Gasteiger charge is -2.08. The van der Waals surface area contributed by atoms with Gasteiger partial charge in [0.15, 0.2) is 23.6 Å². The Bertz CT molecular complexity index is 784. The molecule has 3 aromatic rings. The summed E-state index contributed by atoms with van der Waals surface area (Å²) in [6, 6.07) is 11.3. The van der Waals surface area contributed by atoms with Gasteiger partial charge >= 0.3 is 0 Å². The van der Waals surface area contributed by atoms with E-state index in [0.29, 0.717) is 17.6 Å². The van der Waals surface area contributed by atoms with Crippen LogP contribution in [0.1, 0.15) is 16.1 Å². The first-order valence-electron chi connectivity index (χ1n) is 6.63. The molecule has 0 aliphatic heterocycles. The van der Waals surface area contributed by atoms with Gasteiger partial charge < -0.3 is 9.15 Å². The second-order valence-corrected chi connectivity index (χ2v) is 4.61. The molecule has 1 aromatic carbocycles. The van der Waals surface area contributed by atoms with Crippen molar-refractivity contribution < 1.29 is 18.3 Å². The van der Waals surface area contributed by atoms with Crippen LogP contribution in [0.25, 0.3) is 11.3 Å². The Kier molecular flexibility index (Phi) is 3.96. The Labute approximate surface area is 126 Å². The molecular weight excluding hydrogens is 285 g/mol. The molecule has 22 heavy (non-hydrogen) atoms. The second kappa shape index (κ2) is 6.22. The molecule has 0 aliphatic carbocycles. The molecule has 0 bridgehead atoms. The zero-order chi connectivity index (χ0) is 15.4. The minimum absolute atomic E-state index is 0.155. The molecule has 0 amide bonds. The maximum Gasteiger partial charge on any atom is 0.185 e. The third-order valence-corrected chi connectivity index (χ3v) is 3.10. The number of aromatic nitrogens is 1. The van der Waals surface area contributed by atoms with Gasteiger partial charge in [-0.3, -0.25) is 9.78 Å². The summed E-state index contributed by atoms with van der Waals surface area (Å²) in [5, 5.41) is 0. The monoisotopic (exact) mass is 297 g/mol. The van der Waals surface area contributed by atoms with Gasteiger partial charge in [0, 0.05) is 18.0 Å². The van der Waals surface area contributed by atoms with E-state index in [1.807, 2.05) is 0 Å². The molecule has 5 heteroatoms. The molecule has 2 aromatic heterocycles. The molecule has 110 valence electrons. The van der Waals surface area contributed by atoms with E-state index in [-0.39, 0.29) is 18.1 Å². The minimum atomic E-state index is -0.490. The van der Waals surface area contributed by atoms with Gasteiger partial charge in [0.25, 0.3) is 0 Å². The maximum absolute atomic E-state index is 14.1. The first kappa shape index (κ1) is 14.0. The molecule has 0 aliphatic rings. The van der Waals surface area contributed by atoms with Gasteiger partial charge in [0.2, 0.25) is 0 Å². The average Bonchev–Trinajstić information content (AvgIpc) is 3.04. The number of ether oxygens (including phenoxy) is 1. The SMILES string of the molecule is O=Cc1ccc(-c2ccc(OCc3ccncc3)c(F)c2)o1. The number of aldehydes is 1. The van der Waals surface area contributed by atoms with Crippen LogP contribution in [-0.4, -0.2) is 11.3 Å². The number of nitrogens with zero attached hydrogens (tertiary/aromatic N) is 1. The summed E-state index contributed by atoms with van der Waals surface area (Å²) in [5.41, 5.74) is 1.45. The van der Waals surface area contributed by atoms with Crippen molar-refractivity contribution >= 4 is 6.29 Å². The van der Waals surface area contributed by atoms with Gasteiger partial charge in [0.05, 0.1) is 0 Å². The Morgan fingerprint density at radius 3 is 2.64 bits per heavy atom. The Morgan fingerprint density at radius 2 is 1.95 bits per heavy atom. The van der Waals surface area contributed by atoms with E-state index in [0.717, 1.165) is 5.56 Å². The van der Waals surface area contributed by atoms with E-state index in [9.17, 15) is 9.18 Å². The fraction of sp³-hybridized carbons (Fsp3) is 0.0588. The summed E-state index contributed by atoms with van der Waals surface area (Å²) < 4.78 is 24.8. The number of rotatable bonds is 5. The predicted molar refractivity (Wildman–Crippen MR) is 78.1 cm³/mol. The molecule has 0 radical (unpaired) electrons. The summed E-state index contributed by atoms with van der Waals surface area (Å²) in [6.07, 6.45) is 3.91. The van der Waals surface area contributed by atoms with Crippen molar-refractivity contribution in [3.8, 4) is 17.1 Å². The van der Waals surface area contributed by atoms with Crippen LogP contribution in [0.2, 0.25) is 0 Å². The number of carbonyl (C=O) groups excluding carboxylic acids is 1. The predicted octanol–water partition coefficient (Wildman–Crippen LogP) is 3.87. The van der Waals surface area contributed by atoms with Crippen molar-refractivity contribution in [2.45, 2.75) is 6.61 Å². The van der Waals surface area contributed by atoms with E-state index in [1.54, 1.807) is 36.7 Å². The standard InChI is InChI=1S/C17H12FNO3/c18-15-9-13(16-4-2-14(10-20)22-16)1-3-17(15)21-11-12-5-7-19-8-6-12/h1-10H,11H2. The lowest BCUT2D eigenvalue weighted by Crippen LogP contribution is -1.97. The fourth-order valence-corrected chi connectivity index (χ4v) is 1.98. The third-order valence-electron chi connectivity index (χ3n) is 3.10. The lowest BCUT2D eigenvalue weighted by atomic mass is 10.1. The van der Waals surface area contributed by atoms with E-state index in [2.05, 4.69) is 4.98 Å². The van der Waals surface area contributed by atoms with Gasteiger partial charge in [-0.2, -0.15) is 0 Å². The average molecular weight is 297 g/mol. The summed E-state index contributed by atoms with van der Waals surface area (Å²) in [4.78, 5) is 14.5. The van der Waals surface area contributed by atoms with Gasteiger partial charge in [-0.25, -0.2) is 4.39 Å². The molecule has 2 heterocycles. The topological polar surface area (TPSA) is 52.3 Å². The molecule has 0 unspecified atom stereocenters. The number of halogens is 1. The van der Waals surface area contributed by atoms with E-state index >= 15 is 0 Å². The highest BCUT2D eigenvalue weighted by Crippen LogP contribution is 2.27. The van der Waals surface area contributed by atoms with Crippen molar-refractivity contribution in [1.82, 2.24) is 4.98 Å². The van der Waals surface area contributed by atoms with Crippen molar-refractivity contribution in [1.29, 1.82) is 0 Å². The van der Waals surface area contributed by atoms with E-state index in [1.165, 1.54) is 18.2 Å². The van der Waals surface area contributed by atoms with Crippen LogP contribution in [0, 0.1) is 5.82 Å². The number of hydrogen-bond donors (Lipinski definition) is 0. The molecule has 3 rings (SSSR count). The fourth-order valence-electron chi connectivity index (χ4n) is 1.98. The smallest absolute Gasteiger partial charge is 0.185 e. The number of carbonyl (C=O) groups is 1. The van der Waals surface area contributed by atoms with Gasteiger partial charge in [-0.05, 0) is 48.0 Å². The van der Waals surface area contributed by atoms with Crippen LogP contribution in [0.4, 0.5) is 4.39 Å². The highest BCUT2D eigenvalue weighted by atomic mass is 19.1. The Hall–Kier alpha value is -2.95. The summed E-state index contributed by atoms with van der Waals surface area (Å²) in [7, 11) is 0. The molecule has 4 nitrogen and oxygen atoms in total. The summed E-state index contributed by atoms with van der Waals surface area (Å²) in [6.45, 7) is 0.259. The summed E-state index contributed by atoms with van der Waals surface area (Å²) >= 11 is 0. The zero-order valence-electron chi connectivity index (χ0n) is 11.5. The number of hydrogen-bond acceptors (Lipinski definition) is 4. The highest BCUT2D eigenvalue weighted by molar-refractivity contribution is 5.72. The molecular formula is C17H12FNO3. The number of pyridine rings is 1. The van der Waals surface area contributed by atoms with E-state index < -0.39 is 5.82 Å². The first-order valence-corrected chi connectivity index (χ1v) is 6.63. The lowest BCUT2D eigenvalue weighted by molar-refractivity contribution is 0.110. The maximum atomic E-state index is 14.1. The van der Waals surface area contributed by atoms with Crippen molar-refractivity contribution in [3.05, 3.63) is 72.0 Å². The van der Waals surface area contributed by atoms with Crippen LogP contribution in [0.5, 0.6) is 5.75 Å². The zero-order valence-corrected chi connectivity index (χ0v) is 11.5. The first-order chi connectivity index (χ1) is 10.8. The van der Waals surface area contributed by atoms with Crippen LogP contribution in [0.3, 0.4) is 0 Å². The van der Waals surface area contributed by atoms with Crippen molar-refractivity contribution in [3.63, 3.8) is 0 Å². The third kappa shape index (κ3) is 3.03. The van der Waals surface area contributed by atoms with Gasteiger partial charge in [-0.15, -0.1) is 0 Å². The quantitative estimate of drug-likeness (QED) is 0.671.